The molecule has 2 N–H and O–H groups in total. The second-order valence-corrected chi connectivity index (χ2v) is 5.84. The summed E-state index contributed by atoms with van der Waals surface area (Å²) in [6.45, 7) is 10.0. The molecule has 0 aliphatic carbocycles. The highest BCUT2D eigenvalue weighted by Crippen LogP contribution is 2.22. The second kappa shape index (κ2) is 8.47. The highest BCUT2D eigenvalue weighted by molar-refractivity contribution is 5.79. The van der Waals surface area contributed by atoms with E-state index >= 15 is 0 Å². The summed E-state index contributed by atoms with van der Waals surface area (Å²) in [4.78, 5) is 4.54. The number of nitrogens with one attached hydrogen (secondary N) is 2. The number of guanidine groups is 1. The minimum atomic E-state index is -0.235. The van der Waals surface area contributed by atoms with Gasteiger partial charge in [-0.3, -0.25) is 0 Å². The van der Waals surface area contributed by atoms with Crippen LogP contribution >= 0.6 is 0 Å². The topological polar surface area (TPSA) is 62.5 Å². The number of benzene rings is 1. The first-order valence-corrected chi connectivity index (χ1v) is 8.20. The predicted octanol–water partition coefficient (Wildman–Crippen LogP) is 3.29. The number of hydrogen-bond acceptors (Lipinski definition) is 3. The molecule has 0 aliphatic heterocycles. The normalized spacial score (nSPS) is 13.0. The lowest BCUT2D eigenvalue weighted by Crippen LogP contribution is -2.39. The summed E-state index contributed by atoms with van der Waals surface area (Å²) in [6.07, 6.45) is 0. The average Bonchev–Trinajstić information content (AvgIpc) is 2.90. The fourth-order valence-corrected chi connectivity index (χ4v) is 2.65. The standard InChI is InChI=1S/C18H25FN4O/c1-5-20-18(22-11-15-6-8-16(19)9-7-15)21-10-12(2)17-13(3)23-24-14(17)4/h6-9,12H,5,10-11H2,1-4H3,(H2,20,21,22). The van der Waals surface area contributed by atoms with Gasteiger partial charge in [-0.1, -0.05) is 24.2 Å². The summed E-state index contributed by atoms with van der Waals surface area (Å²) < 4.78 is 18.2. The highest BCUT2D eigenvalue weighted by Gasteiger charge is 2.16. The van der Waals surface area contributed by atoms with Crippen LogP contribution in [-0.4, -0.2) is 24.2 Å². The third-order valence-electron chi connectivity index (χ3n) is 3.83. The maximum Gasteiger partial charge on any atom is 0.191 e. The maximum atomic E-state index is 12.9. The number of hydrogen-bond donors (Lipinski definition) is 2. The summed E-state index contributed by atoms with van der Waals surface area (Å²) in [5.41, 5.74) is 3.03. The van der Waals surface area contributed by atoms with E-state index in [1.807, 2.05) is 20.8 Å². The zero-order chi connectivity index (χ0) is 17.5. The van der Waals surface area contributed by atoms with Crippen LogP contribution in [0, 0.1) is 19.7 Å². The molecule has 24 heavy (non-hydrogen) atoms. The molecule has 2 rings (SSSR count). The molecular formula is C18H25FN4O. The van der Waals surface area contributed by atoms with Gasteiger partial charge in [0.15, 0.2) is 5.96 Å². The van der Waals surface area contributed by atoms with Crippen LogP contribution in [-0.2, 0) is 6.54 Å². The van der Waals surface area contributed by atoms with Crippen LogP contribution in [0.1, 0.15) is 42.3 Å². The van der Waals surface area contributed by atoms with E-state index in [2.05, 4.69) is 27.7 Å². The zero-order valence-electron chi connectivity index (χ0n) is 14.7. The largest absolute Gasteiger partial charge is 0.361 e. The molecule has 0 saturated carbocycles. The summed E-state index contributed by atoms with van der Waals surface area (Å²) >= 11 is 0. The van der Waals surface area contributed by atoms with E-state index in [4.69, 9.17) is 4.52 Å². The number of aliphatic imine (C=N–C) groups is 1. The minimum Gasteiger partial charge on any atom is -0.361 e. The van der Waals surface area contributed by atoms with Crippen LogP contribution < -0.4 is 10.6 Å². The third-order valence-corrected chi connectivity index (χ3v) is 3.83. The van der Waals surface area contributed by atoms with Gasteiger partial charge in [0.25, 0.3) is 0 Å². The lowest BCUT2D eigenvalue weighted by molar-refractivity contribution is 0.391. The molecule has 6 heteroatoms. The van der Waals surface area contributed by atoms with Crippen LogP contribution in [0.15, 0.2) is 33.8 Å². The van der Waals surface area contributed by atoms with Crippen molar-refractivity contribution < 1.29 is 8.91 Å². The van der Waals surface area contributed by atoms with Crippen molar-refractivity contribution in [2.24, 2.45) is 4.99 Å². The molecule has 1 heterocycles. The van der Waals surface area contributed by atoms with Crippen molar-refractivity contribution in [2.75, 3.05) is 13.1 Å². The Morgan fingerprint density at radius 1 is 1.25 bits per heavy atom. The van der Waals surface area contributed by atoms with Gasteiger partial charge in [-0.25, -0.2) is 9.38 Å². The van der Waals surface area contributed by atoms with E-state index in [1.165, 1.54) is 12.1 Å². The van der Waals surface area contributed by atoms with Crippen LogP contribution in [0.25, 0.3) is 0 Å². The molecule has 5 nitrogen and oxygen atoms in total. The van der Waals surface area contributed by atoms with Crippen molar-refractivity contribution in [2.45, 2.75) is 40.2 Å². The van der Waals surface area contributed by atoms with Gasteiger partial charge in [-0.15, -0.1) is 0 Å². The van der Waals surface area contributed by atoms with E-state index in [1.54, 1.807) is 12.1 Å². The van der Waals surface area contributed by atoms with Crippen molar-refractivity contribution in [1.29, 1.82) is 0 Å². The van der Waals surface area contributed by atoms with E-state index in [-0.39, 0.29) is 11.7 Å². The Labute approximate surface area is 142 Å². The van der Waals surface area contributed by atoms with Gasteiger partial charge in [0.05, 0.1) is 12.2 Å². The third kappa shape index (κ3) is 4.81. The molecule has 130 valence electrons. The lowest BCUT2D eigenvalue weighted by atomic mass is 10.00. The highest BCUT2D eigenvalue weighted by atomic mass is 19.1. The summed E-state index contributed by atoms with van der Waals surface area (Å²) in [6, 6.07) is 6.39. The second-order valence-electron chi connectivity index (χ2n) is 5.84. The fraction of sp³-hybridized carbons (Fsp3) is 0.444. The van der Waals surface area contributed by atoms with E-state index in [0.29, 0.717) is 6.54 Å². The van der Waals surface area contributed by atoms with Crippen molar-refractivity contribution in [1.82, 2.24) is 15.8 Å². The molecule has 0 bridgehead atoms. The van der Waals surface area contributed by atoms with Crippen molar-refractivity contribution in [3.05, 3.63) is 52.7 Å². The molecule has 1 aromatic carbocycles. The lowest BCUT2D eigenvalue weighted by Gasteiger charge is -2.16. The first kappa shape index (κ1) is 18.0. The summed E-state index contributed by atoms with van der Waals surface area (Å²) in [5.74, 6) is 1.61. The molecule has 0 amide bonds. The molecule has 0 saturated heterocycles. The Bertz CT molecular complexity index is 659. The summed E-state index contributed by atoms with van der Waals surface area (Å²) in [7, 11) is 0. The Morgan fingerprint density at radius 2 is 1.96 bits per heavy atom. The van der Waals surface area contributed by atoms with Gasteiger partial charge in [0.2, 0.25) is 0 Å². The quantitative estimate of drug-likeness (QED) is 0.629. The van der Waals surface area contributed by atoms with Crippen LogP contribution in [0.5, 0.6) is 0 Å². The first-order valence-electron chi connectivity index (χ1n) is 8.20. The van der Waals surface area contributed by atoms with Gasteiger partial charge < -0.3 is 15.2 Å². The van der Waals surface area contributed by atoms with E-state index in [9.17, 15) is 4.39 Å². The first-order chi connectivity index (χ1) is 11.5. The van der Waals surface area contributed by atoms with Crippen LogP contribution in [0.2, 0.25) is 0 Å². The molecule has 0 aliphatic rings. The number of rotatable bonds is 6. The molecule has 1 unspecified atom stereocenters. The molecular weight excluding hydrogens is 307 g/mol. The predicted molar refractivity (Wildman–Crippen MR) is 93.6 cm³/mol. The Balaban J connectivity index is 1.97. The van der Waals surface area contributed by atoms with Gasteiger partial charge >= 0.3 is 0 Å². The van der Waals surface area contributed by atoms with Gasteiger partial charge in [-0.2, -0.15) is 0 Å². The number of aryl methyl sites for hydroxylation is 2. The average molecular weight is 332 g/mol. The Kier molecular flexibility index (Phi) is 6.35. The van der Waals surface area contributed by atoms with E-state index < -0.39 is 0 Å². The van der Waals surface area contributed by atoms with Crippen LogP contribution in [0.4, 0.5) is 4.39 Å². The van der Waals surface area contributed by atoms with Crippen molar-refractivity contribution in [3.63, 3.8) is 0 Å². The number of nitrogens with zero attached hydrogens (tertiary/aromatic N) is 2. The number of halogens is 1. The molecule has 2 aromatic rings. The smallest absolute Gasteiger partial charge is 0.191 e. The Morgan fingerprint density at radius 3 is 2.54 bits per heavy atom. The molecule has 1 atom stereocenters. The summed E-state index contributed by atoms with van der Waals surface area (Å²) in [5, 5.41) is 10.6. The minimum absolute atomic E-state index is 0.235. The monoisotopic (exact) mass is 332 g/mol. The SMILES string of the molecule is CCNC(=NCc1ccc(F)cc1)NCC(C)c1c(C)noc1C. The molecule has 0 fully saturated rings. The molecule has 0 spiro atoms. The maximum absolute atomic E-state index is 12.9. The van der Waals surface area contributed by atoms with Crippen molar-refractivity contribution in [3.8, 4) is 0 Å². The molecule has 1 aromatic heterocycles. The van der Waals surface area contributed by atoms with Gasteiger partial charge in [0, 0.05) is 24.6 Å². The van der Waals surface area contributed by atoms with Gasteiger partial charge in [0.1, 0.15) is 11.6 Å². The fourth-order valence-electron chi connectivity index (χ4n) is 2.65. The van der Waals surface area contributed by atoms with E-state index in [0.717, 1.165) is 41.6 Å². The molecule has 0 radical (unpaired) electrons. The Hall–Kier alpha value is -2.37. The van der Waals surface area contributed by atoms with Crippen molar-refractivity contribution >= 4 is 5.96 Å². The number of aromatic nitrogens is 1. The zero-order valence-corrected chi connectivity index (χ0v) is 14.7. The van der Waals surface area contributed by atoms with Gasteiger partial charge in [-0.05, 0) is 38.5 Å². The van der Waals surface area contributed by atoms with Crippen LogP contribution in [0.3, 0.4) is 0 Å².